The van der Waals surface area contributed by atoms with Crippen LogP contribution >= 0.6 is 11.8 Å². The summed E-state index contributed by atoms with van der Waals surface area (Å²) in [6, 6.07) is 8.41. The fourth-order valence-corrected chi connectivity index (χ4v) is 3.82. The fourth-order valence-electron chi connectivity index (χ4n) is 2.53. The van der Waals surface area contributed by atoms with Crippen molar-refractivity contribution in [2.45, 2.75) is 32.4 Å². The third-order valence-electron chi connectivity index (χ3n) is 3.97. The molecule has 1 aromatic carbocycles. The van der Waals surface area contributed by atoms with E-state index in [2.05, 4.69) is 53.3 Å². The molecular weight excluding hydrogens is 294 g/mol. The van der Waals surface area contributed by atoms with Gasteiger partial charge >= 0.3 is 0 Å². The van der Waals surface area contributed by atoms with Crippen LogP contribution in [0.5, 0.6) is 0 Å². The molecule has 2 rings (SSSR count). The van der Waals surface area contributed by atoms with Crippen molar-refractivity contribution in [3.8, 4) is 0 Å². The summed E-state index contributed by atoms with van der Waals surface area (Å²) in [6.07, 6.45) is 0.835. The normalized spacial score (nSPS) is 21.9. The zero-order chi connectivity index (χ0) is 16.0. The molecule has 0 spiro atoms. The highest BCUT2D eigenvalue weighted by Gasteiger charge is 2.31. The Balaban J connectivity index is 2.04. The van der Waals surface area contributed by atoms with Crippen molar-refractivity contribution in [1.82, 2.24) is 10.2 Å². The Morgan fingerprint density at radius 3 is 2.86 bits per heavy atom. The van der Waals surface area contributed by atoms with Crippen molar-refractivity contribution in [1.29, 1.82) is 0 Å². The Kier molecular flexibility index (Phi) is 6.15. The van der Waals surface area contributed by atoms with Gasteiger partial charge in [0.25, 0.3) is 0 Å². The number of guanidine groups is 1. The monoisotopic (exact) mass is 321 g/mol. The number of nitrogens with zero attached hydrogens (tertiary/aromatic N) is 2. The quantitative estimate of drug-likeness (QED) is 0.645. The molecule has 1 atom stereocenters. The van der Waals surface area contributed by atoms with Gasteiger partial charge in [-0.1, -0.05) is 24.3 Å². The maximum absolute atomic E-state index is 10.4. The number of benzene rings is 1. The van der Waals surface area contributed by atoms with E-state index >= 15 is 0 Å². The molecule has 0 bridgehead atoms. The minimum atomic E-state index is -0.630. The molecule has 22 heavy (non-hydrogen) atoms. The Labute approximate surface area is 138 Å². The molecule has 2 N–H and O–H groups in total. The Hall–Kier alpha value is -1.20. The van der Waals surface area contributed by atoms with Gasteiger partial charge in [0.15, 0.2) is 5.96 Å². The van der Waals surface area contributed by atoms with E-state index in [1.54, 1.807) is 11.8 Å². The minimum absolute atomic E-state index is 0.473. The van der Waals surface area contributed by atoms with E-state index in [9.17, 15) is 5.11 Å². The highest BCUT2D eigenvalue weighted by atomic mass is 32.2. The van der Waals surface area contributed by atoms with Gasteiger partial charge in [-0.05, 0) is 37.1 Å². The summed E-state index contributed by atoms with van der Waals surface area (Å²) in [5.74, 6) is 2.68. The summed E-state index contributed by atoms with van der Waals surface area (Å²) in [5.41, 5.74) is 1.95. The fraction of sp³-hybridized carbons (Fsp3) is 0.588. The SMILES string of the molecule is CCNC(=NCC1(O)CCSC1)N(C)Cc1ccccc1C. The van der Waals surface area contributed by atoms with Crippen LogP contribution in [-0.4, -0.2) is 53.2 Å². The first kappa shape index (κ1) is 17.2. The van der Waals surface area contributed by atoms with E-state index in [-0.39, 0.29) is 0 Å². The molecule has 4 nitrogen and oxygen atoms in total. The third kappa shape index (κ3) is 4.65. The van der Waals surface area contributed by atoms with Crippen LogP contribution in [0.2, 0.25) is 0 Å². The smallest absolute Gasteiger partial charge is 0.194 e. The van der Waals surface area contributed by atoms with Crippen molar-refractivity contribution >= 4 is 17.7 Å². The number of nitrogens with one attached hydrogen (secondary N) is 1. The molecule has 1 aromatic rings. The molecular formula is C17H27N3OS. The molecule has 1 heterocycles. The van der Waals surface area contributed by atoms with Gasteiger partial charge in [-0.25, -0.2) is 0 Å². The average molecular weight is 321 g/mol. The first-order valence-electron chi connectivity index (χ1n) is 7.88. The van der Waals surface area contributed by atoms with Gasteiger partial charge in [0.1, 0.15) is 0 Å². The van der Waals surface area contributed by atoms with Gasteiger partial charge in [-0.15, -0.1) is 0 Å². The average Bonchev–Trinajstić information content (AvgIpc) is 2.93. The van der Waals surface area contributed by atoms with Gasteiger partial charge in [0.05, 0.1) is 12.1 Å². The van der Waals surface area contributed by atoms with Crippen molar-refractivity contribution in [2.75, 3.05) is 31.6 Å². The van der Waals surface area contributed by atoms with Gasteiger partial charge in [-0.2, -0.15) is 11.8 Å². The highest BCUT2D eigenvalue weighted by molar-refractivity contribution is 7.99. The van der Waals surface area contributed by atoms with Crippen LogP contribution in [0.15, 0.2) is 29.3 Å². The van der Waals surface area contributed by atoms with Crippen molar-refractivity contribution < 1.29 is 5.11 Å². The van der Waals surface area contributed by atoms with Crippen LogP contribution < -0.4 is 5.32 Å². The molecule has 0 amide bonds. The number of rotatable bonds is 5. The maximum atomic E-state index is 10.4. The number of aliphatic imine (C=N–C) groups is 1. The lowest BCUT2D eigenvalue weighted by atomic mass is 10.0. The summed E-state index contributed by atoms with van der Waals surface area (Å²) < 4.78 is 0. The number of aryl methyl sites for hydroxylation is 1. The van der Waals surface area contributed by atoms with E-state index in [0.29, 0.717) is 6.54 Å². The molecule has 1 aliphatic heterocycles. The van der Waals surface area contributed by atoms with Gasteiger partial charge in [0.2, 0.25) is 0 Å². The lowest BCUT2D eigenvalue weighted by Gasteiger charge is -2.25. The molecule has 1 aliphatic rings. The van der Waals surface area contributed by atoms with E-state index in [4.69, 9.17) is 0 Å². The first-order valence-corrected chi connectivity index (χ1v) is 9.03. The molecule has 0 aromatic heterocycles. The summed E-state index contributed by atoms with van der Waals surface area (Å²) in [6.45, 7) is 6.30. The lowest BCUT2D eigenvalue weighted by molar-refractivity contribution is 0.0776. The zero-order valence-corrected chi connectivity index (χ0v) is 14.6. The molecule has 1 saturated heterocycles. The minimum Gasteiger partial charge on any atom is -0.387 e. The number of hydrogen-bond acceptors (Lipinski definition) is 3. The summed E-state index contributed by atoms with van der Waals surface area (Å²) in [5, 5.41) is 13.8. The summed E-state index contributed by atoms with van der Waals surface area (Å²) in [7, 11) is 2.04. The van der Waals surface area contributed by atoms with Crippen LogP contribution in [0.4, 0.5) is 0 Å². The zero-order valence-electron chi connectivity index (χ0n) is 13.8. The summed E-state index contributed by atoms with van der Waals surface area (Å²) in [4.78, 5) is 6.78. The number of thioether (sulfide) groups is 1. The van der Waals surface area contributed by atoms with Gasteiger partial charge < -0.3 is 15.3 Å². The Morgan fingerprint density at radius 1 is 1.45 bits per heavy atom. The topological polar surface area (TPSA) is 47.9 Å². The highest BCUT2D eigenvalue weighted by Crippen LogP contribution is 2.27. The standard InChI is InChI=1S/C17H27N3OS/c1-4-18-16(19-12-17(21)9-10-22-13-17)20(3)11-15-8-6-5-7-14(15)2/h5-8,21H,4,9-13H2,1-3H3,(H,18,19). The number of hydrogen-bond donors (Lipinski definition) is 2. The third-order valence-corrected chi connectivity index (χ3v) is 5.21. The molecule has 0 radical (unpaired) electrons. The van der Waals surface area contributed by atoms with E-state index < -0.39 is 5.60 Å². The molecule has 0 saturated carbocycles. The van der Waals surface area contributed by atoms with Crippen LogP contribution in [0, 0.1) is 6.92 Å². The summed E-state index contributed by atoms with van der Waals surface area (Å²) >= 11 is 1.81. The van der Waals surface area contributed by atoms with Gasteiger partial charge in [0, 0.05) is 25.9 Å². The number of aliphatic hydroxyl groups is 1. The first-order chi connectivity index (χ1) is 10.5. The molecule has 0 aliphatic carbocycles. The van der Waals surface area contributed by atoms with Crippen LogP contribution in [0.3, 0.4) is 0 Å². The van der Waals surface area contributed by atoms with E-state index in [1.165, 1.54) is 11.1 Å². The van der Waals surface area contributed by atoms with Crippen molar-refractivity contribution in [3.05, 3.63) is 35.4 Å². The Morgan fingerprint density at radius 2 is 2.23 bits per heavy atom. The molecule has 1 fully saturated rings. The molecule has 1 unspecified atom stereocenters. The van der Waals surface area contributed by atoms with E-state index in [1.807, 2.05) is 7.05 Å². The molecule has 5 heteroatoms. The van der Waals surface area contributed by atoms with Crippen LogP contribution in [0.1, 0.15) is 24.5 Å². The van der Waals surface area contributed by atoms with Crippen LogP contribution in [-0.2, 0) is 6.54 Å². The second-order valence-electron chi connectivity index (χ2n) is 5.98. The molecule has 122 valence electrons. The predicted molar refractivity (Wildman–Crippen MR) is 95.5 cm³/mol. The van der Waals surface area contributed by atoms with Crippen LogP contribution in [0.25, 0.3) is 0 Å². The van der Waals surface area contributed by atoms with Crippen molar-refractivity contribution in [2.24, 2.45) is 4.99 Å². The van der Waals surface area contributed by atoms with Gasteiger partial charge in [-0.3, -0.25) is 4.99 Å². The largest absolute Gasteiger partial charge is 0.387 e. The second-order valence-corrected chi connectivity index (χ2v) is 7.08. The predicted octanol–water partition coefficient (Wildman–Crippen LogP) is 2.26. The lowest BCUT2D eigenvalue weighted by Crippen LogP contribution is -2.41. The Bertz CT molecular complexity index is 512. The van der Waals surface area contributed by atoms with E-state index in [0.717, 1.165) is 37.0 Å². The maximum Gasteiger partial charge on any atom is 0.194 e. The second kappa shape index (κ2) is 7.88. The van der Waals surface area contributed by atoms with Crippen molar-refractivity contribution in [3.63, 3.8) is 0 Å².